The highest BCUT2D eigenvalue weighted by Gasteiger charge is 2.40. The molecule has 2 aliphatic rings. The monoisotopic (exact) mass is 349 g/mol. The van der Waals surface area contributed by atoms with Crippen molar-refractivity contribution in [2.75, 3.05) is 20.3 Å². The van der Waals surface area contributed by atoms with Crippen LogP contribution in [0.5, 0.6) is 11.5 Å². The lowest BCUT2D eigenvalue weighted by Crippen LogP contribution is -2.43. The van der Waals surface area contributed by atoms with Gasteiger partial charge in [0, 0.05) is 24.9 Å². The van der Waals surface area contributed by atoms with Crippen LogP contribution in [0.25, 0.3) is 0 Å². The second kappa shape index (κ2) is 6.55. The van der Waals surface area contributed by atoms with E-state index in [4.69, 9.17) is 14.2 Å². The van der Waals surface area contributed by atoms with E-state index in [1.54, 1.807) is 6.07 Å². The van der Waals surface area contributed by atoms with Crippen molar-refractivity contribution in [3.63, 3.8) is 0 Å². The Morgan fingerprint density at radius 2 is 2.16 bits per heavy atom. The van der Waals surface area contributed by atoms with Gasteiger partial charge < -0.3 is 24.2 Å². The Hall–Kier alpha value is -2.28. The molecular weight excluding hydrogens is 326 g/mol. The summed E-state index contributed by atoms with van der Waals surface area (Å²) in [5.74, 6) is 0.259. The van der Waals surface area contributed by atoms with Gasteiger partial charge in [-0.05, 0) is 19.9 Å². The van der Waals surface area contributed by atoms with E-state index in [2.05, 4.69) is 0 Å². The molecular formula is C18H23NO6. The second-order valence-corrected chi connectivity index (χ2v) is 7.05. The fraction of sp³-hybridized carbons (Fsp3) is 0.556. The number of amides is 1. The zero-order valence-electron chi connectivity index (χ0n) is 14.7. The molecule has 2 aliphatic heterocycles. The van der Waals surface area contributed by atoms with Gasteiger partial charge in [-0.1, -0.05) is 12.1 Å². The third-order valence-electron chi connectivity index (χ3n) is 4.48. The van der Waals surface area contributed by atoms with Crippen LogP contribution in [0.4, 0.5) is 0 Å². The third kappa shape index (κ3) is 3.56. The molecule has 1 unspecified atom stereocenters. The number of hydrogen-bond acceptors (Lipinski definition) is 6. The molecule has 2 atom stereocenters. The summed E-state index contributed by atoms with van der Waals surface area (Å²) in [7, 11) is 1.26. The Labute approximate surface area is 146 Å². The summed E-state index contributed by atoms with van der Waals surface area (Å²) in [5.41, 5.74) is 0.736. The fourth-order valence-electron chi connectivity index (χ4n) is 3.37. The van der Waals surface area contributed by atoms with Crippen molar-refractivity contribution in [2.24, 2.45) is 0 Å². The van der Waals surface area contributed by atoms with E-state index in [1.165, 1.54) is 12.0 Å². The van der Waals surface area contributed by atoms with Crippen LogP contribution in [-0.4, -0.2) is 59.9 Å². The number of para-hydroxylation sites is 1. The number of fused-ring (bicyclic) bond motifs is 1. The van der Waals surface area contributed by atoms with Crippen LogP contribution in [0.1, 0.15) is 25.8 Å². The minimum Gasteiger partial charge on any atom is -0.483 e. The quantitative estimate of drug-likeness (QED) is 0.814. The fourth-order valence-corrected chi connectivity index (χ4v) is 3.37. The Morgan fingerprint density at radius 1 is 1.40 bits per heavy atom. The maximum absolute atomic E-state index is 12.5. The first-order valence-corrected chi connectivity index (χ1v) is 8.30. The lowest BCUT2D eigenvalue weighted by molar-refractivity contribution is -0.151. The third-order valence-corrected chi connectivity index (χ3v) is 4.48. The van der Waals surface area contributed by atoms with Gasteiger partial charge in [0.25, 0.3) is 5.91 Å². The summed E-state index contributed by atoms with van der Waals surface area (Å²) in [5, 5.41) is 9.77. The van der Waals surface area contributed by atoms with E-state index < -0.39 is 18.1 Å². The molecule has 1 N–H and O–H groups in total. The molecule has 0 radical (unpaired) electrons. The predicted molar refractivity (Wildman–Crippen MR) is 88.5 cm³/mol. The Kier molecular flexibility index (Phi) is 4.60. The number of carbonyl (C=O) groups is 2. The van der Waals surface area contributed by atoms with Crippen LogP contribution >= 0.6 is 0 Å². The number of carbonyl (C=O) groups excluding carboxylic acids is 2. The molecule has 0 aromatic heterocycles. The molecule has 136 valence electrons. The molecule has 1 amide bonds. The van der Waals surface area contributed by atoms with Gasteiger partial charge in [-0.2, -0.15) is 0 Å². The topological polar surface area (TPSA) is 85.3 Å². The van der Waals surface area contributed by atoms with Crippen molar-refractivity contribution < 1.29 is 28.9 Å². The molecule has 0 spiro atoms. The highest BCUT2D eigenvalue weighted by Crippen LogP contribution is 2.41. The molecule has 1 saturated heterocycles. The predicted octanol–water partition coefficient (Wildman–Crippen LogP) is 0.914. The van der Waals surface area contributed by atoms with E-state index in [0.717, 1.165) is 12.0 Å². The number of ether oxygens (including phenoxy) is 3. The van der Waals surface area contributed by atoms with Crippen LogP contribution in [0.3, 0.4) is 0 Å². The molecule has 7 heteroatoms. The molecule has 1 fully saturated rings. The summed E-state index contributed by atoms with van der Waals surface area (Å²) in [4.78, 5) is 25.6. The van der Waals surface area contributed by atoms with Gasteiger partial charge in [0.1, 0.15) is 11.6 Å². The number of esters is 1. The van der Waals surface area contributed by atoms with E-state index in [1.807, 2.05) is 26.0 Å². The molecule has 7 nitrogen and oxygen atoms in total. The first-order chi connectivity index (χ1) is 11.8. The molecule has 0 bridgehead atoms. The number of aliphatic hydroxyl groups excluding tert-OH is 1. The van der Waals surface area contributed by atoms with Crippen molar-refractivity contribution in [1.29, 1.82) is 0 Å². The van der Waals surface area contributed by atoms with Gasteiger partial charge in [0.15, 0.2) is 18.1 Å². The van der Waals surface area contributed by atoms with Crippen molar-refractivity contribution in [1.82, 2.24) is 4.90 Å². The number of rotatable bonds is 4. The first kappa shape index (κ1) is 17.5. The van der Waals surface area contributed by atoms with E-state index >= 15 is 0 Å². The number of nitrogens with zero attached hydrogens (tertiary/aromatic N) is 1. The molecule has 2 heterocycles. The van der Waals surface area contributed by atoms with Gasteiger partial charge in [-0.15, -0.1) is 0 Å². The van der Waals surface area contributed by atoms with Crippen molar-refractivity contribution in [3.05, 3.63) is 23.8 Å². The van der Waals surface area contributed by atoms with E-state index in [-0.39, 0.29) is 31.1 Å². The summed E-state index contributed by atoms with van der Waals surface area (Å²) >= 11 is 0. The van der Waals surface area contributed by atoms with Gasteiger partial charge in [-0.3, -0.25) is 4.79 Å². The number of methoxy groups -OCH3 is 1. The first-order valence-electron chi connectivity index (χ1n) is 8.30. The Bertz CT molecular complexity index is 686. The van der Waals surface area contributed by atoms with Crippen LogP contribution in [0.2, 0.25) is 0 Å². The summed E-state index contributed by atoms with van der Waals surface area (Å²) in [6.07, 6.45) is 0.213. The molecule has 25 heavy (non-hydrogen) atoms. The van der Waals surface area contributed by atoms with Crippen molar-refractivity contribution in [2.45, 2.75) is 44.4 Å². The number of likely N-dealkylation sites (tertiary alicyclic amines) is 1. The summed E-state index contributed by atoms with van der Waals surface area (Å²) in [6.45, 7) is 3.85. The maximum Gasteiger partial charge on any atom is 0.328 e. The molecule has 1 aromatic rings. The van der Waals surface area contributed by atoms with Crippen LogP contribution in [0, 0.1) is 0 Å². The molecule has 1 aromatic carbocycles. The summed E-state index contributed by atoms with van der Waals surface area (Å²) < 4.78 is 16.3. The van der Waals surface area contributed by atoms with Gasteiger partial charge >= 0.3 is 5.97 Å². The van der Waals surface area contributed by atoms with Gasteiger partial charge in [0.2, 0.25) is 0 Å². The van der Waals surface area contributed by atoms with Crippen LogP contribution < -0.4 is 9.47 Å². The van der Waals surface area contributed by atoms with E-state index in [0.29, 0.717) is 11.5 Å². The Balaban J connectivity index is 1.68. The zero-order chi connectivity index (χ0) is 18.2. The van der Waals surface area contributed by atoms with Crippen LogP contribution in [-0.2, 0) is 20.7 Å². The van der Waals surface area contributed by atoms with Crippen LogP contribution in [0.15, 0.2) is 18.2 Å². The Morgan fingerprint density at radius 3 is 2.88 bits per heavy atom. The van der Waals surface area contributed by atoms with Crippen molar-refractivity contribution in [3.8, 4) is 11.5 Å². The average molecular weight is 349 g/mol. The van der Waals surface area contributed by atoms with Gasteiger partial charge in [-0.25, -0.2) is 4.79 Å². The minimum atomic E-state index is -0.771. The molecule has 3 rings (SSSR count). The average Bonchev–Trinajstić information content (AvgIpc) is 3.10. The maximum atomic E-state index is 12.5. The highest BCUT2D eigenvalue weighted by atomic mass is 16.5. The normalized spacial score (nSPS) is 23.8. The second-order valence-electron chi connectivity index (χ2n) is 7.05. The lowest BCUT2D eigenvalue weighted by Gasteiger charge is -2.23. The standard InChI is InChI=1S/C18H23NO6/c1-18(2)8-11-5-4-6-14(16(11)25-18)24-10-15(21)19-9-12(20)7-13(19)17(22)23-3/h4-6,12-13,20H,7-10H2,1-3H3/t12-,13?/m1/s1. The van der Waals surface area contributed by atoms with Crippen molar-refractivity contribution >= 4 is 11.9 Å². The summed E-state index contributed by atoms with van der Waals surface area (Å²) in [6, 6.07) is 4.82. The lowest BCUT2D eigenvalue weighted by atomic mass is 10.0. The smallest absolute Gasteiger partial charge is 0.328 e. The van der Waals surface area contributed by atoms with Gasteiger partial charge in [0.05, 0.1) is 13.2 Å². The number of β-amino-alcohol motifs (C(OH)–C–C–N with tert-alkyl or cyclic N) is 1. The molecule has 0 aliphatic carbocycles. The highest BCUT2D eigenvalue weighted by molar-refractivity contribution is 5.86. The number of hydrogen-bond donors (Lipinski definition) is 1. The number of benzene rings is 1. The zero-order valence-corrected chi connectivity index (χ0v) is 14.7. The van der Waals surface area contributed by atoms with E-state index in [9.17, 15) is 14.7 Å². The minimum absolute atomic E-state index is 0.0956. The SMILES string of the molecule is COC(=O)C1C[C@@H](O)CN1C(=O)COc1cccc2c1OC(C)(C)C2. The number of aliphatic hydroxyl groups is 1. The molecule has 0 saturated carbocycles. The largest absolute Gasteiger partial charge is 0.483 e.